The number of aliphatic carboxylic acids is 1. The largest absolute Gasteiger partial charge is 0.488 e. The molecule has 2 aromatic carbocycles. The lowest BCUT2D eigenvalue weighted by Crippen LogP contribution is -2.35. The predicted molar refractivity (Wildman–Crippen MR) is 106 cm³/mol. The van der Waals surface area contributed by atoms with Crippen LogP contribution >= 0.6 is 27.5 Å². The summed E-state index contributed by atoms with van der Waals surface area (Å²) >= 11 is 9.53. The number of carbonyl (C=O) groups is 3. The molecule has 3 rings (SSSR count). The number of nitrogens with one attached hydrogen (secondary N) is 1. The maximum Gasteiger partial charge on any atom is 0.329 e. The fraction of sp³-hybridized carbons (Fsp3) is 0.105. The molecule has 2 N–H and O–H groups in total. The molecule has 0 aliphatic carbocycles. The highest BCUT2D eigenvalue weighted by molar-refractivity contribution is 9.10. The van der Waals surface area contributed by atoms with E-state index in [1.807, 2.05) is 18.2 Å². The van der Waals surface area contributed by atoms with E-state index >= 15 is 0 Å². The summed E-state index contributed by atoms with van der Waals surface area (Å²) in [6.45, 7) is -0.405. The molecule has 1 aliphatic heterocycles. The lowest BCUT2D eigenvalue weighted by Gasteiger charge is -2.10. The van der Waals surface area contributed by atoms with Crippen molar-refractivity contribution in [2.75, 3.05) is 6.54 Å². The van der Waals surface area contributed by atoms with Crippen LogP contribution in [0.15, 0.2) is 52.6 Å². The molecule has 1 aliphatic rings. The first-order chi connectivity index (χ1) is 13.3. The second-order valence-corrected chi connectivity index (χ2v) is 7.10. The van der Waals surface area contributed by atoms with Crippen molar-refractivity contribution in [2.24, 2.45) is 0 Å². The summed E-state index contributed by atoms with van der Waals surface area (Å²) in [5.74, 6) is -1.38. The number of benzene rings is 2. The van der Waals surface area contributed by atoms with Crippen LogP contribution in [0.5, 0.6) is 5.75 Å². The second-order valence-electron chi connectivity index (χ2n) is 5.84. The average molecular weight is 466 g/mol. The van der Waals surface area contributed by atoms with E-state index in [0.29, 0.717) is 25.7 Å². The number of ether oxygens (including phenoxy) is 1. The first-order valence-corrected chi connectivity index (χ1v) is 9.24. The summed E-state index contributed by atoms with van der Waals surface area (Å²) in [4.78, 5) is 35.3. The molecule has 0 aromatic heterocycles. The minimum absolute atomic E-state index is 0.00267. The molecule has 1 saturated heterocycles. The van der Waals surface area contributed by atoms with Crippen LogP contribution in [0.2, 0.25) is 5.02 Å². The van der Waals surface area contributed by atoms with E-state index in [0.717, 1.165) is 5.56 Å². The van der Waals surface area contributed by atoms with E-state index in [-0.39, 0.29) is 12.3 Å². The van der Waals surface area contributed by atoms with Crippen LogP contribution in [0.25, 0.3) is 6.08 Å². The molecule has 1 fully saturated rings. The van der Waals surface area contributed by atoms with Crippen molar-refractivity contribution in [1.82, 2.24) is 10.2 Å². The number of urea groups is 1. The maximum absolute atomic E-state index is 12.2. The first kappa shape index (κ1) is 19.9. The predicted octanol–water partition coefficient (Wildman–Crippen LogP) is 3.66. The number of amides is 3. The minimum atomic E-state index is -1.27. The number of hydrogen-bond donors (Lipinski definition) is 2. The van der Waals surface area contributed by atoms with Crippen LogP contribution in [-0.2, 0) is 16.2 Å². The zero-order valence-corrected chi connectivity index (χ0v) is 16.7. The summed E-state index contributed by atoms with van der Waals surface area (Å²) in [7, 11) is 0. The van der Waals surface area contributed by atoms with Gasteiger partial charge in [-0.1, -0.05) is 35.9 Å². The molecular formula is C19H14BrClN2O5. The number of nitrogens with zero attached hydrogens (tertiary/aromatic N) is 1. The third kappa shape index (κ3) is 4.52. The summed E-state index contributed by atoms with van der Waals surface area (Å²) in [6, 6.07) is 11.7. The molecule has 0 radical (unpaired) electrons. The number of carboxylic acids is 1. The third-order valence-corrected chi connectivity index (χ3v) is 4.85. The van der Waals surface area contributed by atoms with E-state index < -0.39 is 24.5 Å². The lowest BCUT2D eigenvalue weighted by molar-refractivity contribution is -0.140. The Balaban J connectivity index is 1.73. The number of carbonyl (C=O) groups excluding carboxylic acids is 2. The summed E-state index contributed by atoms with van der Waals surface area (Å²) < 4.78 is 6.41. The zero-order chi connectivity index (χ0) is 20.3. The molecule has 144 valence electrons. The van der Waals surface area contributed by atoms with Gasteiger partial charge in [-0.15, -0.1) is 0 Å². The van der Waals surface area contributed by atoms with Crippen molar-refractivity contribution in [3.63, 3.8) is 0 Å². The van der Waals surface area contributed by atoms with Crippen molar-refractivity contribution >= 4 is 51.5 Å². The van der Waals surface area contributed by atoms with Crippen molar-refractivity contribution in [1.29, 1.82) is 0 Å². The van der Waals surface area contributed by atoms with Crippen LogP contribution in [0.1, 0.15) is 11.1 Å². The van der Waals surface area contributed by atoms with E-state index in [4.69, 9.17) is 21.4 Å². The molecular weight excluding hydrogens is 452 g/mol. The normalized spacial score (nSPS) is 15.1. The molecule has 28 heavy (non-hydrogen) atoms. The highest BCUT2D eigenvalue weighted by atomic mass is 79.9. The van der Waals surface area contributed by atoms with Crippen LogP contribution in [-0.4, -0.2) is 34.5 Å². The van der Waals surface area contributed by atoms with Crippen molar-refractivity contribution < 1.29 is 24.2 Å². The lowest BCUT2D eigenvalue weighted by atomic mass is 10.2. The van der Waals surface area contributed by atoms with E-state index in [1.165, 1.54) is 6.08 Å². The van der Waals surface area contributed by atoms with Gasteiger partial charge in [-0.25, -0.2) is 9.69 Å². The van der Waals surface area contributed by atoms with Crippen molar-refractivity contribution in [3.8, 4) is 5.75 Å². The van der Waals surface area contributed by atoms with Gasteiger partial charge >= 0.3 is 12.0 Å². The Hall–Kier alpha value is -2.84. The fourth-order valence-electron chi connectivity index (χ4n) is 2.51. The summed E-state index contributed by atoms with van der Waals surface area (Å²) in [5.41, 5.74) is 1.47. The van der Waals surface area contributed by atoms with Gasteiger partial charge in [0.05, 0.1) is 4.47 Å². The van der Waals surface area contributed by atoms with Crippen LogP contribution < -0.4 is 10.1 Å². The molecule has 1 heterocycles. The molecule has 0 atom stereocenters. The van der Waals surface area contributed by atoms with E-state index in [2.05, 4.69) is 21.2 Å². The average Bonchev–Trinajstić information content (AvgIpc) is 2.89. The first-order valence-electron chi connectivity index (χ1n) is 8.07. The summed E-state index contributed by atoms with van der Waals surface area (Å²) in [6.07, 6.45) is 1.46. The number of imide groups is 1. The van der Waals surface area contributed by atoms with Gasteiger partial charge in [-0.05, 0) is 45.8 Å². The Labute approximate surface area is 173 Å². The zero-order valence-electron chi connectivity index (χ0n) is 14.3. The van der Waals surface area contributed by atoms with Gasteiger partial charge < -0.3 is 15.2 Å². The van der Waals surface area contributed by atoms with Gasteiger partial charge in [-0.2, -0.15) is 0 Å². The second kappa shape index (κ2) is 8.45. The van der Waals surface area contributed by atoms with Crippen molar-refractivity contribution in [2.45, 2.75) is 6.61 Å². The van der Waals surface area contributed by atoms with Gasteiger partial charge in [0.15, 0.2) is 0 Å². The number of rotatable bonds is 6. The van der Waals surface area contributed by atoms with E-state index in [9.17, 15) is 14.4 Å². The van der Waals surface area contributed by atoms with Crippen LogP contribution in [0, 0.1) is 0 Å². The third-order valence-electron chi connectivity index (χ3n) is 3.86. The maximum atomic E-state index is 12.2. The standard InChI is InChI=1S/C19H14BrClN2O5/c20-13-7-11(8-15-18(26)23(9-17(24)25)19(27)22-15)5-6-16(13)28-10-12-3-1-2-4-14(12)21/h1-8H,9-10H2,(H,22,27)(H,24,25)/b15-8+. The monoisotopic (exact) mass is 464 g/mol. The Morgan fingerprint density at radius 2 is 2.00 bits per heavy atom. The molecule has 0 saturated carbocycles. The van der Waals surface area contributed by atoms with Crippen molar-refractivity contribution in [3.05, 3.63) is 68.8 Å². The topological polar surface area (TPSA) is 95.9 Å². The summed E-state index contributed by atoms with van der Waals surface area (Å²) in [5, 5.41) is 11.8. The molecule has 3 amide bonds. The van der Waals surface area contributed by atoms with Crippen LogP contribution in [0.3, 0.4) is 0 Å². The van der Waals surface area contributed by atoms with Gasteiger partial charge in [0, 0.05) is 10.6 Å². The number of hydrogen-bond acceptors (Lipinski definition) is 4. The molecule has 7 nitrogen and oxygen atoms in total. The smallest absolute Gasteiger partial charge is 0.329 e. The number of halogens is 2. The fourth-order valence-corrected chi connectivity index (χ4v) is 3.21. The Morgan fingerprint density at radius 1 is 1.25 bits per heavy atom. The van der Waals surface area contributed by atoms with Gasteiger partial charge in [0.25, 0.3) is 5.91 Å². The van der Waals surface area contributed by atoms with E-state index in [1.54, 1.807) is 24.3 Å². The number of carboxylic acid groups (broad SMARTS) is 1. The quantitative estimate of drug-likeness (QED) is 0.501. The molecule has 0 bridgehead atoms. The highest BCUT2D eigenvalue weighted by Crippen LogP contribution is 2.29. The molecule has 2 aromatic rings. The van der Waals surface area contributed by atoms with Gasteiger partial charge in [0.2, 0.25) is 0 Å². The molecule has 0 unspecified atom stereocenters. The molecule has 9 heteroatoms. The Bertz CT molecular complexity index is 992. The minimum Gasteiger partial charge on any atom is -0.488 e. The van der Waals surface area contributed by atoms with Crippen LogP contribution in [0.4, 0.5) is 4.79 Å². The SMILES string of the molecule is O=C(O)CN1C(=O)N/C(=C/c2ccc(OCc3ccccc3Cl)c(Br)c2)C1=O. The Kier molecular flexibility index (Phi) is 6.01. The van der Waals surface area contributed by atoms with Gasteiger partial charge in [0.1, 0.15) is 24.6 Å². The van der Waals surface area contributed by atoms with Gasteiger partial charge in [-0.3, -0.25) is 9.59 Å². The molecule has 0 spiro atoms. The Morgan fingerprint density at radius 3 is 2.68 bits per heavy atom. The highest BCUT2D eigenvalue weighted by Gasteiger charge is 2.34.